The molecular formula is C18H23N3O2. The molecule has 1 fully saturated rings. The van der Waals surface area contributed by atoms with Crippen LogP contribution in [0.25, 0.3) is 0 Å². The summed E-state index contributed by atoms with van der Waals surface area (Å²) in [5, 5.41) is 8.44. The first-order valence-electron chi connectivity index (χ1n) is 8.33. The van der Waals surface area contributed by atoms with Gasteiger partial charge in [0.15, 0.2) is 0 Å². The molecule has 2 amide bonds. The van der Waals surface area contributed by atoms with Crippen LogP contribution >= 0.6 is 0 Å². The van der Waals surface area contributed by atoms with Gasteiger partial charge in [0.1, 0.15) is 5.71 Å². The molecule has 0 saturated heterocycles. The van der Waals surface area contributed by atoms with E-state index in [9.17, 15) is 9.59 Å². The van der Waals surface area contributed by atoms with Gasteiger partial charge < -0.3 is 5.32 Å². The third-order valence-corrected chi connectivity index (χ3v) is 4.80. The van der Waals surface area contributed by atoms with E-state index in [-0.39, 0.29) is 17.9 Å². The Morgan fingerprint density at radius 3 is 2.48 bits per heavy atom. The SMILES string of the molecule is CN1N=C(C(=O)NC2CCC(c3ccccc3)CC2)CCC1=O. The first-order chi connectivity index (χ1) is 11.1. The molecule has 1 saturated carbocycles. The molecule has 0 bridgehead atoms. The fourth-order valence-electron chi connectivity index (χ4n) is 3.40. The highest BCUT2D eigenvalue weighted by Gasteiger charge is 2.27. The van der Waals surface area contributed by atoms with Crippen molar-refractivity contribution in [1.82, 2.24) is 10.3 Å². The summed E-state index contributed by atoms with van der Waals surface area (Å²) in [5.74, 6) is 0.442. The first kappa shape index (κ1) is 15.7. The van der Waals surface area contributed by atoms with Crippen molar-refractivity contribution in [3.8, 4) is 0 Å². The zero-order valence-electron chi connectivity index (χ0n) is 13.5. The number of nitrogens with zero attached hydrogens (tertiary/aromatic N) is 2. The maximum atomic E-state index is 12.3. The van der Waals surface area contributed by atoms with Crippen LogP contribution in [0.1, 0.15) is 50.0 Å². The van der Waals surface area contributed by atoms with Gasteiger partial charge in [-0.3, -0.25) is 9.59 Å². The van der Waals surface area contributed by atoms with Gasteiger partial charge in [-0.1, -0.05) is 30.3 Å². The Bertz CT molecular complexity index is 604. The first-order valence-corrected chi connectivity index (χ1v) is 8.33. The molecule has 0 aromatic heterocycles. The van der Waals surface area contributed by atoms with Crippen molar-refractivity contribution >= 4 is 17.5 Å². The van der Waals surface area contributed by atoms with Crippen molar-refractivity contribution < 1.29 is 9.59 Å². The van der Waals surface area contributed by atoms with Gasteiger partial charge in [0.25, 0.3) is 5.91 Å². The molecule has 3 rings (SSSR count). The second kappa shape index (κ2) is 6.94. The summed E-state index contributed by atoms with van der Waals surface area (Å²) in [6.45, 7) is 0. The van der Waals surface area contributed by atoms with Gasteiger partial charge in [-0.25, -0.2) is 5.01 Å². The number of nitrogens with one attached hydrogen (secondary N) is 1. The van der Waals surface area contributed by atoms with Crippen LogP contribution in [0, 0.1) is 0 Å². The van der Waals surface area contributed by atoms with Gasteiger partial charge in [0.2, 0.25) is 5.91 Å². The fourth-order valence-corrected chi connectivity index (χ4v) is 3.40. The summed E-state index contributed by atoms with van der Waals surface area (Å²) in [5.41, 5.74) is 1.87. The lowest BCUT2D eigenvalue weighted by Crippen LogP contribution is -2.43. The molecule has 1 aromatic rings. The summed E-state index contributed by atoms with van der Waals surface area (Å²) in [6, 6.07) is 10.8. The van der Waals surface area contributed by atoms with Gasteiger partial charge >= 0.3 is 0 Å². The molecule has 0 radical (unpaired) electrons. The normalized spacial score (nSPS) is 25.0. The van der Waals surface area contributed by atoms with E-state index < -0.39 is 0 Å². The molecular weight excluding hydrogens is 290 g/mol. The lowest BCUT2D eigenvalue weighted by molar-refractivity contribution is -0.130. The standard InChI is InChI=1S/C18H23N3O2/c1-21-17(22)12-11-16(20-21)18(23)19-15-9-7-14(8-10-15)13-5-3-2-4-6-13/h2-6,14-15H,7-12H2,1H3,(H,19,23). The molecule has 0 spiro atoms. The summed E-state index contributed by atoms with van der Waals surface area (Å²) in [6.07, 6.45) is 4.98. The molecule has 2 aliphatic rings. The Morgan fingerprint density at radius 1 is 1.13 bits per heavy atom. The number of amides is 2. The largest absolute Gasteiger partial charge is 0.348 e. The zero-order chi connectivity index (χ0) is 16.2. The Hall–Kier alpha value is -2.17. The Balaban J connectivity index is 1.52. The smallest absolute Gasteiger partial charge is 0.267 e. The van der Waals surface area contributed by atoms with E-state index in [0.29, 0.717) is 24.5 Å². The van der Waals surface area contributed by atoms with E-state index in [2.05, 4.69) is 34.7 Å². The quantitative estimate of drug-likeness (QED) is 0.931. The van der Waals surface area contributed by atoms with E-state index in [1.54, 1.807) is 7.05 Å². The maximum absolute atomic E-state index is 12.3. The Labute approximate surface area is 136 Å². The molecule has 0 unspecified atom stereocenters. The van der Waals surface area contributed by atoms with Crippen molar-refractivity contribution in [2.24, 2.45) is 5.10 Å². The van der Waals surface area contributed by atoms with Crippen LogP contribution in [0.15, 0.2) is 35.4 Å². The van der Waals surface area contributed by atoms with Crippen molar-refractivity contribution in [3.05, 3.63) is 35.9 Å². The molecule has 5 heteroatoms. The number of carbonyl (C=O) groups is 2. The fraction of sp³-hybridized carbons (Fsp3) is 0.500. The highest BCUT2D eigenvalue weighted by atomic mass is 16.2. The molecule has 1 N–H and O–H groups in total. The Morgan fingerprint density at radius 2 is 1.83 bits per heavy atom. The molecule has 1 heterocycles. The second-order valence-electron chi connectivity index (χ2n) is 6.40. The number of hydrogen-bond acceptors (Lipinski definition) is 3. The summed E-state index contributed by atoms with van der Waals surface area (Å²) >= 11 is 0. The molecule has 1 aliphatic heterocycles. The summed E-state index contributed by atoms with van der Waals surface area (Å²) in [4.78, 5) is 23.7. The van der Waals surface area contributed by atoms with Crippen molar-refractivity contribution in [1.29, 1.82) is 0 Å². The minimum Gasteiger partial charge on any atom is -0.348 e. The van der Waals surface area contributed by atoms with E-state index in [4.69, 9.17) is 0 Å². The highest BCUT2D eigenvalue weighted by molar-refractivity contribution is 6.39. The molecule has 1 aliphatic carbocycles. The van der Waals surface area contributed by atoms with Crippen molar-refractivity contribution in [2.45, 2.75) is 50.5 Å². The minimum absolute atomic E-state index is 0.0371. The summed E-state index contributed by atoms with van der Waals surface area (Å²) in [7, 11) is 1.60. The van der Waals surface area contributed by atoms with Gasteiger partial charge in [-0.05, 0) is 37.2 Å². The molecule has 122 valence electrons. The summed E-state index contributed by atoms with van der Waals surface area (Å²) < 4.78 is 0. The molecule has 23 heavy (non-hydrogen) atoms. The molecule has 5 nitrogen and oxygen atoms in total. The lowest BCUT2D eigenvalue weighted by atomic mass is 9.82. The van der Waals surface area contributed by atoms with Crippen molar-refractivity contribution in [2.75, 3.05) is 7.05 Å². The van der Waals surface area contributed by atoms with Gasteiger partial charge in [0.05, 0.1) is 0 Å². The van der Waals surface area contributed by atoms with Crippen molar-refractivity contribution in [3.63, 3.8) is 0 Å². The third kappa shape index (κ3) is 3.78. The minimum atomic E-state index is -0.118. The van der Waals surface area contributed by atoms with E-state index in [0.717, 1.165) is 25.7 Å². The average molecular weight is 313 g/mol. The van der Waals surface area contributed by atoms with Crippen LogP contribution < -0.4 is 5.32 Å². The zero-order valence-corrected chi connectivity index (χ0v) is 13.5. The predicted octanol–water partition coefficient (Wildman–Crippen LogP) is 2.44. The third-order valence-electron chi connectivity index (χ3n) is 4.80. The van der Waals surface area contributed by atoms with Crippen LogP contribution in [0.3, 0.4) is 0 Å². The van der Waals surface area contributed by atoms with Gasteiger partial charge in [-0.2, -0.15) is 5.10 Å². The highest BCUT2D eigenvalue weighted by Crippen LogP contribution is 2.32. The van der Waals surface area contributed by atoms with Crippen LogP contribution in [-0.2, 0) is 9.59 Å². The van der Waals surface area contributed by atoms with Gasteiger partial charge in [-0.15, -0.1) is 0 Å². The van der Waals surface area contributed by atoms with Crippen LogP contribution in [-0.4, -0.2) is 35.6 Å². The number of hydrogen-bond donors (Lipinski definition) is 1. The predicted molar refractivity (Wildman–Crippen MR) is 89.0 cm³/mol. The lowest BCUT2D eigenvalue weighted by Gasteiger charge is -2.30. The van der Waals surface area contributed by atoms with Crippen LogP contribution in [0.2, 0.25) is 0 Å². The number of hydrazone groups is 1. The number of rotatable bonds is 3. The average Bonchev–Trinajstić information content (AvgIpc) is 2.59. The van der Waals surface area contributed by atoms with Crippen LogP contribution in [0.4, 0.5) is 0 Å². The van der Waals surface area contributed by atoms with E-state index in [1.165, 1.54) is 10.6 Å². The second-order valence-corrected chi connectivity index (χ2v) is 6.40. The number of benzene rings is 1. The van der Waals surface area contributed by atoms with E-state index in [1.807, 2.05) is 6.07 Å². The van der Waals surface area contributed by atoms with E-state index >= 15 is 0 Å². The monoisotopic (exact) mass is 313 g/mol. The molecule has 0 atom stereocenters. The maximum Gasteiger partial charge on any atom is 0.267 e. The number of carbonyl (C=O) groups excluding carboxylic acids is 2. The van der Waals surface area contributed by atoms with Crippen LogP contribution in [0.5, 0.6) is 0 Å². The Kier molecular flexibility index (Phi) is 4.74. The molecule has 1 aromatic carbocycles. The topological polar surface area (TPSA) is 61.8 Å². The van der Waals surface area contributed by atoms with Gasteiger partial charge in [0, 0.05) is 25.9 Å².